The third-order valence-electron chi connectivity index (χ3n) is 1.38. The molecule has 0 radical (unpaired) electrons. The van der Waals surface area contributed by atoms with Crippen molar-refractivity contribution >= 4 is 17.6 Å². The van der Waals surface area contributed by atoms with Gasteiger partial charge in [-0.2, -0.15) is 5.26 Å². The molecule has 0 amide bonds. The van der Waals surface area contributed by atoms with Gasteiger partial charge in [0.15, 0.2) is 0 Å². The second kappa shape index (κ2) is 3.87. The number of nitrogens with zero attached hydrogens (tertiary/aromatic N) is 2. The Hall–Kier alpha value is -1.60. The monoisotopic (exact) mass is 196 g/mol. The van der Waals surface area contributed by atoms with Crippen LogP contribution >= 0.6 is 11.6 Å². The fourth-order valence-corrected chi connectivity index (χ4v) is 1.02. The molecule has 0 spiro atoms. The molecule has 1 aromatic heterocycles. The first-order chi connectivity index (χ1) is 6.13. The van der Waals surface area contributed by atoms with Crippen molar-refractivity contribution in [1.29, 1.82) is 5.26 Å². The zero-order valence-corrected chi connectivity index (χ0v) is 7.25. The van der Waals surface area contributed by atoms with E-state index in [1.165, 1.54) is 12.1 Å². The van der Waals surface area contributed by atoms with E-state index in [1.54, 1.807) is 0 Å². The number of aliphatic carboxylic acids is 1. The van der Waals surface area contributed by atoms with Crippen LogP contribution in [-0.2, 0) is 11.2 Å². The first-order valence-corrected chi connectivity index (χ1v) is 3.78. The maximum absolute atomic E-state index is 10.4. The second-order valence-electron chi connectivity index (χ2n) is 2.31. The molecule has 1 heterocycles. The zero-order chi connectivity index (χ0) is 9.84. The standard InChI is InChI=1S/C8H5ClN2O2/c9-7-2-1-5(4-10)6(11-7)3-8(12)13/h1-2H,3H2,(H,12,13). The molecule has 0 unspecified atom stereocenters. The van der Waals surface area contributed by atoms with E-state index in [2.05, 4.69) is 4.98 Å². The van der Waals surface area contributed by atoms with Gasteiger partial charge in [-0.05, 0) is 12.1 Å². The van der Waals surface area contributed by atoms with Crippen molar-refractivity contribution in [2.24, 2.45) is 0 Å². The first-order valence-electron chi connectivity index (χ1n) is 3.41. The molecule has 0 bridgehead atoms. The lowest BCUT2D eigenvalue weighted by Crippen LogP contribution is -2.04. The van der Waals surface area contributed by atoms with Crippen LogP contribution < -0.4 is 0 Å². The highest BCUT2D eigenvalue weighted by molar-refractivity contribution is 6.29. The third kappa shape index (κ3) is 2.42. The molecule has 0 saturated carbocycles. The number of halogens is 1. The van der Waals surface area contributed by atoms with Gasteiger partial charge in [0.1, 0.15) is 11.2 Å². The van der Waals surface area contributed by atoms with Crippen LogP contribution in [0.15, 0.2) is 12.1 Å². The minimum absolute atomic E-state index is 0.190. The van der Waals surface area contributed by atoms with Crippen LogP contribution in [0.25, 0.3) is 0 Å². The molecule has 1 aromatic rings. The maximum Gasteiger partial charge on any atom is 0.309 e. The van der Waals surface area contributed by atoms with Crippen molar-refractivity contribution in [2.75, 3.05) is 0 Å². The molecular weight excluding hydrogens is 192 g/mol. The van der Waals surface area contributed by atoms with E-state index in [-0.39, 0.29) is 22.8 Å². The van der Waals surface area contributed by atoms with Crippen molar-refractivity contribution in [3.05, 3.63) is 28.5 Å². The molecule has 0 aliphatic heterocycles. The van der Waals surface area contributed by atoms with Gasteiger partial charge in [-0.15, -0.1) is 0 Å². The average Bonchev–Trinajstić information content (AvgIpc) is 2.03. The van der Waals surface area contributed by atoms with Crippen LogP contribution in [0, 0.1) is 11.3 Å². The van der Waals surface area contributed by atoms with E-state index in [4.69, 9.17) is 22.0 Å². The van der Waals surface area contributed by atoms with Crippen LogP contribution in [0.1, 0.15) is 11.3 Å². The Bertz CT molecular complexity index is 384. The van der Waals surface area contributed by atoms with Crippen LogP contribution in [0.2, 0.25) is 5.15 Å². The Morgan fingerprint density at radius 1 is 1.69 bits per heavy atom. The fourth-order valence-electron chi connectivity index (χ4n) is 0.855. The number of aromatic nitrogens is 1. The van der Waals surface area contributed by atoms with Gasteiger partial charge in [-0.3, -0.25) is 4.79 Å². The quantitative estimate of drug-likeness (QED) is 0.722. The topological polar surface area (TPSA) is 74.0 Å². The molecule has 0 atom stereocenters. The third-order valence-corrected chi connectivity index (χ3v) is 1.59. The van der Waals surface area contributed by atoms with Gasteiger partial charge in [-0.25, -0.2) is 4.98 Å². The number of pyridine rings is 1. The number of hydrogen-bond acceptors (Lipinski definition) is 3. The van der Waals surface area contributed by atoms with Gasteiger partial charge in [-0.1, -0.05) is 11.6 Å². The molecule has 0 fully saturated rings. The molecule has 5 heteroatoms. The first kappa shape index (κ1) is 9.49. The zero-order valence-electron chi connectivity index (χ0n) is 6.49. The minimum atomic E-state index is -1.04. The van der Waals surface area contributed by atoms with E-state index in [1.807, 2.05) is 6.07 Å². The summed E-state index contributed by atoms with van der Waals surface area (Å²) in [5.74, 6) is -1.04. The minimum Gasteiger partial charge on any atom is -0.481 e. The number of hydrogen-bond donors (Lipinski definition) is 1. The SMILES string of the molecule is N#Cc1ccc(Cl)nc1CC(=O)O. The summed E-state index contributed by atoms with van der Waals surface area (Å²) in [6.07, 6.45) is -0.288. The summed E-state index contributed by atoms with van der Waals surface area (Å²) in [4.78, 5) is 14.1. The highest BCUT2D eigenvalue weighted by atomic mass is 35.5. The van der Waals surface area contributed by atoms with Gasteiger partial charge < -0.3 is 5.11 Å². The van der Waals surface area contributed by atoms with E-state index in [0.717, 1.165) is 0 Å². The Kier molecular flexibility index (Phi) is 2.83. The van der Waals surface area contributed by atoms with Crippen LogP contribution in [0.5, 0.6) is 0 Å². The summed E-state index contributed by atoms with van der Waals surface area (Å²) >= 11 is 5.54. The van der Waals surface area contributed by atoms with Crippen molar-refractivity contribution in [1.82, 2.24) is 4.98 Å². The maximum atomic E-state index is 10.4. The molecule has 0 saturated heterocycles. The van der Waals surface area contributed by atoms with Gasteiger partial charge in [0.25, 0.3) is 0 Å². The largest absolute Gasteiger partial charge is 0.481 e. The highest BCUT2D eigenvalue weighted by Gasteiger charge is 2.08. The molecule has 0 aromatic carbocycles. The van der Waals surface area contributed by atoms with Crippen molar-refractivity contribution in [3.63, 3.8) is 0 Å². The predicted molar refractivity (Wildman–Crippen MR) is 45.3 cm³/mol. The molecule has 0 aliphatic rings. The van der Waals surface area contributed by atoms with Crippen molar-refractivity contribution in [2.45, 2.75) is 6.42 Å². The summed E-state index contributed by atoms with van der Waals surface area (Å²) < 4.78 is 0. The lowest BCUT2D eigenvalue weighted by atomic mass is 10.1. The molecule has 4 nitrogen and oxygen atoms in total. The lowest BCUT2D eigenvalue weighted by molar-refractivity contribution is -0.136. The van der Waals surface area contributed by atoms with Crippen molar-refractivity contribution < 1.29 is 9.90 Å². The van der Waals surface area contributed by atoms with Gasteiger partial charge in [0, 0.05) is 0 Å². The van der Waals surface area contributed by atoms with E-state index >= 15 is 0 Å². The summed E-state index contributed by atoms with van der Waals surface area (Å²) in [6, 6.07) is 4.75. The van der Waals surface area contributed by atoms with E-state index in [9.17, 15) is 4.79 Å². The summed E-state index contributed by atoms with van der Waals surface area (Å²) in [7, 11) is 0. The predicted octanol–water partition coefficient (Wildman–Crippen LogP) is 1.23. The normalized spacial score (nSPS) is 9.23. The molecule has 66 valence electrons. The Labute approximate surface area is 79.4 Å². The number of carbonyl (C=O) groups is 1. The Morgan fingerprint density at radius 2 is 2.38 bits per heavy atom. The molecule has 1 N–H and O–H groups in total. The second-order valence-corrected chi connectivity index (χ2v) is 2.70. The average molecular weight is 197 g/mol. The van der Waals surface area contributed by atoms with Crippen molar-refractivity contribution in [3.8, 4) is 6.07 Å². The summed E-state index contributed by atoms with van der Waals surface area (Å²) in [6.45, 7) is 0. The smallest absolute Gasteiger partial charge is 0.309 e. The van der Waals surface area contributed by atoms with Gasteiger partial charge >= 0.3 is 5.97 Å². The number of carboxylic acids is 1. The molecular formula is C8H5ClN2O2. The number of carboxylic acid groups (broad SMARTS) is 1. The van der Waals surface area contributed by atoms with Crippen LogP contribution in [0.4, 0.5) is 0 Å². The molecule has 1 rings (SSSR count). The van der Waals surface area contributed by atoms with Gasteiger partial charge in [0.2, 0.25) is 0 Å². The number of rotatable bonds is 2. The Morgan fingerprint density at radius 3 is 2.92 bits per heavy atom. The molecule has 0 aliphatic carbocycles. The van der Waals surface area contributed by atoms with Gasteiger partial charge in [0.05, 0.1) is 17.7 Å². The van der Waals surface area contributed by atoms with Crippen LogP contribution in [0.3, 0.4) is 0 Å². The highest BCUT2D eigenvalue weighted by Crippen LogP contribution is 2.11. The number of nitriles is 1. The summed E-state index contributed by atoms with van der Waals surface area (Å²) in [5, 5.41) is 17.3. The summed E-state index contributed by atoms with van der Waals surface area (Å²) in [5.41, 5.74) is 0.439. The van der Waals surface area contributed by atoms with E-state index < -0.39 is 5.97 Å². The Balaban J connectivity index is 3.10. The van der Waals surface area contributed by atoms with Crippen LogP contribution in [-0.4, -0.2) is 16.1 Å². The molecule has 13 heavy (non-hydrogen) atoms. The van der Waals surface area contributed by atoms with E-state index in [0.29, 0.717) is 0 Å². The fraction of sp³-hybridized carbons (Fsp3) is 0.125. The lowest BCUT2D eigenvalue weighted by Gasteiger charge is -1.99.